The molecule has 0 bridgehead atoms. The maximum Gasteiger partial charge on any atom is 0.340 e. The quantitative estimate of drug-likeness (QED) is 0.612. The highest BCUT2D eigenvalue weighted by Gasteiger charge is 2.17. The minimum Gasteiger partial charge on any atom is -0.462 e. The van der Waals surface area contributed by atoms with Crippen LogP contribution in [0.2, 0.25) is 0 Å². The summed E-state index contributed by atoms with van der Waals surface area (Å²) in [5, 5.41) is 5.43. The van der Waals surface area contributed by atoms with Gasteiger partial charge in [0.25, 0.3) is 5.91 Å². The molecule has 3 aromatic rings. The Hall–Kier alpha value is -3.81. The number of aryl methyl sites for hydroxylation is 1. The lowest BCUT2D eigenvalue weighted by atomic mass is 10.1. The fourth-order valence-electron chi connectivity index (χ4n) is 2.59. The predicted molar refractivity (Wildman–Crippen MR) is 107 cm³/mol. The molecule has 7 nitrogen and oxygen atoms in total. The fourth-order valence-corrected chi connectivity index (χ4v) is 2.59. The normalized spacial score (nSPS) is 10.3. The van der Waals surface area contributed by atoms with Crippen LogP contribution >= 0.6 is 0 Å². The number of nitrogens with one attached hydrogen (secondary N) is 2. The molecule has 29 heavy (non-hydrogen) atoms. The number of benzene rings is 2. The van der Waals surface area contributed by atoms with E-state index < -0.39 is 17.7 Å². The van der Waals surface area contributed by atoms with Gasteiger partial charge in [0.1, 0.15) is 11.5 Å². The van der Waals surface area contributed by atoms with Gasteiger partial charge < -0.3 is 15.4 Å². The smallest absolute Gasteiger partial charge is 0.340 e. The highest BCUT2D eigenvalue weighted by Crippen LogP contribution is 2.19. The van der Waals surface area contributed by atoms with E-state index in [-0.39, 0.29) is 29.5 Å². The van der Waals surface area contributed by atoms with Crippen LogP contribution in [-0.4, -0.2) is 28.5 Å². The summed E-state index contributed by atoms with van der Waals surface area (Å²) in [6.45, 7) is 3.61. The molecule has 0 saturated heterocycles. The number of hydrogen-bond donors (Lipinski definition) is 2. The molecule has 3 rings (SSSR count). The molecule has 0 fully saturated rings. The summed E-state index contributed by atoms with van der Waals surface area (Å²) in [4.78, 5) is 33.1. The van der Waals surface area contributed by atoms with Crippen LogP contribution in [0.1, 0.15) is 33.5 Å². The monoisotopic (exact) mass is 394 g/mol. The van der Waals surface area contributed by atoms with Crippen molar-refractivity contribution in [3.63, 3.8) is 0 Å². The average Bonchev–Trinajstić information content (AvgIpc) is 2.70. The van der Waals surface area contributed by atoms with Crippen molar-refractivity contribution in [1.82, 2.24) is 9.97 Å². The Kier molecular flexibility index (Phi) is 6.13. The van der Waals surface area contributed by atoms with Gasteiger partial charge in [-0.15, -0.1) is 0 Å². The summed E-state index contributed by atoms with van der Waals surface area (Å²) in [6.07, 6.45) is 0. The zero-order valence-corrected chi connectivity index (χ0v) is 15.9. The van der Waals surface area contributed by atoms with Crippen molar-refractivity contribution >= 4 is 29.2 Å². The van der Waals surface area contributed by atoms with Crippen molar-refractivity contribution in [3.05, 3.63) is 77.4 Å². The van der Waals surface area contributed by atoms with Crippen LogP contribution in [0.4, 0.5) is 21.7 Å². The number of amides is 1. The second kappa shape index (κ2) is 8.92. The molecule has 8 heteroatoms. The third-order valence-corrected chi connectivity index (χ3v) is 3.88. The highest BCUT2D eigenvalue weighted by atomic mass is 19.1. The number of para-hydroxylation sites is 2. The minimum absolute atomic E-state index is 0.0648. The van der Waals surface area contributed by atoms with E-state index in [9.17, 15) is 14.0 Å². The van der Waals surface area contributed by atoms with Crippen LogP contribution in [0.25, 0.3) is 0 Å². The zero-order valence-electron chi connectivity index (χ0n) is 15.9. The first kappa shape index (κ1) is 19.9. The molecule has 0 aliphatic heterocycles. The van der Waals surface area contributed by atoms with Gasteiger partial charge in [-0.3, -0.25) is 4.79 Å². The topological polar surface area (TPSA) is 93.2 Å². The number of anilines is 3. The van der Waals surface area contributed by atoms with Crippen molar-refractivity contribution in [2.24, 2.45) is 0 Å². The van der Waals surface area contributed by atoms with E-state index in [1.54, 1.807) is 50.2 Å². The van der Waals surface area contributed by atoms with Gasteiger partial charge in [-0.2, -0.15) is 0 Å². The van der Waals surface area contributed by atoms with Gasteiger partial charge in [-0.1, -0.05) is 24.3 Å². The Morgan fingerprint density at radius 1 is 1.03 bits per heavy atom. The van der Waals surface area contributed by atoms with Crippen LogP contribution in [-0.2, 0) is 4.74 Å². The Balaban J connectivity index is 1.85. The molecule has 1 amide bonds. The van der Waals surface area contributed by atoms with Crippen LogP contribution < -0.4 is 10.6 Å². The molecule has 1 aromatic heterocycles. The lowest BCUT2D eigenvalue weighted by Crippen LogP contribution is -2.18. The molecule has 0 aliphatic rings. The third kappa shape index (κ3) is 4.92. The zero-order chi connectivity index (χ0) is 20.8. The van der Waals surface area contributed by atoms with E-state index in [0.29, 0.717) is 11.4 Å². The number of carbonyl (C=O) groups excluding carboxylic acids is 2. The van der Waals surface area contributed by atoms with E-state index >= 15 is 0 Å². The molecular weight excluding hydrogens is 375 g/mol. The van der Waals surface area contributed by atoms with Crippen LogP contribution in [0.5, 0.6) is 0 Å². The lowest BCUT2D eigenvalue weighted by molar-refractivity contribution is 0.0527. The summed E-state index contributed by atoms with van der Waals surface area (Å²) in [5.41, 5.74) is 1.31. The molecule has 0 atom stereocenters. The molecule has 0 saturated carbocycles. The second-order valence-electron chi connectivity index (χ2n) is 6.04. The number of esters is 1. The summed E-state index contributed by atoms with van der Waals surface area (Å²) < 4.78 is 18.9. The van der Waals surface area contributed by atoms with Crippen LogP contribution in [0.15, 0.2) is 54.6 Å². The number of halogens is 1. The summed E-state index contributed by atoms with van der Waals surface area (Å²) >= 11 is 0. The lowest BCUT2D eigenvalue weighted by Gasteiger charge is -2.11. The van der Waals surface area contributed by atoms with Gasteiger partial charge in [-0.25, -0.2) is 19.2 Å². The van der Waals surface area contributed by atoms with Crippen molar-refractivity contribution < 1.29 is 18.7 Å². The van der Waals surface area contributed by atoms with Gasteiger partial charge in [0.2, 0.25) is 5.95 Å². The molecule has 2 N–H and O–H groups in total. The molecule has 0 unspecified atom stereocenters. The van der Waals surface area contributed by atoms with Gasteiger partial charge in [0, 0.05) is 5.69 Å². The molecule has 0 aliphatic carbocycles. The van der Waals surface area contributed by atoms with Gasteiger partial charge >= 0.3 is 5.97 Å². The molecule has 1 heterocycles. The highest BCUT2D eigenvalue weighted by molar-refractivity contribution is 6.07. The van der Waals surface area contributed by atoms with E-state index in [2.05, 4.69) is 20.6 Å². The van der Waals surface area contributed by atoms with Gasteiger partial charge in [0.05, 0.1) is 23.5 Å². The first-order valence-electron chi connectivity index (χ1n) is 8.92. The summed E-state index contributed by atoms with van der Waals surface area (Å²) in [6, 6.07) is 14.1. The van der Waals surface area contributed by atoms with Gasteiger partial charge in [-0.05, 0) is 44.2 Å². The van der Waals surface area contributed by atoms with Crippen molar-refractivity contribution in [2.45, 2.75) is 13.8 Å². The Labute approximate surface area is 167 Å². The SMILES string of the molecule is CCOC(=O)c1ccccc1NC(=O)c1cc(C)nc(Nc2ccccc2F)n1. The third-order valence-electron chi connectivity index (χ3n) is 3.88. The van der Waals surface area contributed by atoms with Crippen molar-refractivity contribution in [3.8, 4) is 0 Å². The number of ether oxygens (including phenoxy) is 1. The van der Waals surface area contributed by atoms with Crippen molar-refractivity contribution in [1.29, 1.82) is 0 Å². The maximum atomic E-state index is 13.9. The maximum absolute atomic E-state index is 13.9. The van der Waals surface area contributed by atoms with Crippen molar-refractivity contribution in [2.75, 3.05) is 17.2 Å². The first-order valence-corrected chi connectivity index (χ1v) is 8.92. The van der Waals surface area contributed by atoms with E-state index in [1.807, 2.05) is 0 Å². The largest absolute Gasteiger partial charge is 0.462 e. The number of aromatic nitrogens is 2. The van der Waals surface area contributed by atoms with Crippen LogP contribution in [0, 0.1) is 12.7 Å². The number of hydrogen-bond acceptors (Lipinski definition) is 6. The van der Waals surface area contributed by atoms with E-state index in [0.717, 1.165) is 0 Å². The number of carbonyl (C=O) groups is 2. The van der Waals surface area contributed by atoms with E-state index in [4.69, 9.17) is 4.74 Å². The molecule has 0 radical (unpaired) electrons. The molecular formula is C21H19FN4O3. The molecule has 148 valence electrons. The predicted octanol–water partition coefficient (Wildman–Crippen LogP) is 4.10. The van der Waals surface area contributed by atoms with Crippen LogP contribution in [0.3, 0.4) is 0 Å². The standard InChI is InChI=1S/C21H19FN4O3/c1-3-29-20(28)14-8-4-6-10-16(14)24-19(27)18-12-13(2)23-21(26-18)25-17-11-7-5-9-15(17)22/h4-12H,3H2,1-2H3,(H,24,27)(H,23,25,26). The average molecular weight is 394 g/mol. The van der Waals surface area contributed by atoms with Gasteiger partial charge in [0.15, 0.2) is 0 Å². The fraction of sp³-hybridized carbons (Fsp3) is 0.143. The van der Waals surface area contributed by atoms with E-state index in [1.165, 1.54) is 18.2 Å². The number of nitrogens with zero attached hydrogens (tertiary/aromatic N) is 2. The molecule has 0 spiro atoms. The first-order chi connectivity index (χ1) is 14.0. The number of rotatable bonds is 6. The molecule has 2 aromatic carbocycles. The summed E-state index contributed by atoms with van der Waals surface area (Å²) in [5.74, 6) is -1.46. The second-order valence-corrected chi connectivity index (χ2v) is 6.04. The Bertz CT molecular complexity index is 1060. The minimum atomic E-state index is -0.538. The Morgan fingerprint density at radius 2 is 1.72 bits per heavy atom. The summed E-state index contributed by atoms with van der Waals surface area (Å²) in [7, 11) is 0. The Morgan fingerprint density at radius 3 is 2.45 bits per heavy atom.